The van der Waals surface area contributed by atoms with Crippen molar-refractivity contribution in [3.63, 3.8) is 0 Å². The molecule has 0 heterocycles. The molecule has 0 spiro atoms. The molecule has 168 valence electrons. The van der Waals surface area contributed by atoms with E-state index in [4.69, 9.17) is 30.0 Å². The van der Waals surface area contributed by atoms with Gasteiger partial charge in [0.1, 0.15) is 0 Å². The van der Waals surface area contributed by atoms with E-state index in [2.05, 4.69) is 26.0 Å². The minimum atomic E-state index is -1.83. The van der Waals surface area contributed by atoms with E-state index in [1.165, 1.54) is 103 Å². The van der Waals surface area contributed by atoms with Crippen molar-refractivity contribution in [2.75, 3.05) is 0 Å². The van der Waals surface area contributed by atoms with Crippen molar-refractivity contribution in [1.29, 1.82) is 0 Å². The van der Waals surface area contributed by atoms with Crippen molar-refractivity contribution in [2.24, 2.45) is 0 Å². The van der Waals surface area contributed by atoms with Crippen LogP contribution in [0.4, 0.5) is 9.59 Å². The molecule has 0 atom stereocenters. The van der Waals surface area contributed by atoms with Gasteiger partial charge in [0.25, 0.3) is 0 Å². The number of unbranched alkanes of at least 4 members (excludes halogenated alkanes) is 14. The Morgan fingerprint density at radius 3 is 0.964 bits per heavy atom. The molecule has 0 aromatic heterocycles. The van der Waals surface area contributed by atoms with Crippen LogP contribution in [0.1, 0.15) is 117 Å². The highest BCUT2D eigenvalue weighted by molar-refractivity contribution is 5.53. The minimum Gasteiger partial charge on any atom is -0.450 e. The van der Waals surface area contributed by atoms with Gasteiger partial charge in [-0.15, -0.1) is 0 Å². The van der Waals surface area contributed by atoms with Crippen LogP contribution in [0, 0.1) is 0 Å². The van der Waals surface area contributed by atoms with Crippen LogP contribution < -0.4 is 0 Å². The van der Waals surface area contributed by atoms with Gasteiger partial charge in [-0.2, -0.15) is 0 Å². The molecule has 0 amide bonds. The fourth-order valence-corrected chi connectivity index (χ4v) is 2.67. The molecular weight excluding hydrogens is 360 g/mol. The zero-order valence-electron chi connectivity index (χ0n) is 18.1. The Morgan fingerprint density at radius 1 is 0.500 bits per heavy atom. The second-order valence-corrected chi connectivity index (χ2v) is 6.86. The molecule has 28 heavy (non-hydrogen) atoms. The summed E-state index contributed by atoms with van der Waals surface area (Å²) in [4.78, 5) is 17.1. The first-order valence-corrected chi connectivity index (χ1v) is 10.9. The molecule has 0 saturated heterocycles. The number of hydrogen-bond donors (Lipinski definition) is 4. The number of rotatable bonds is 16. The van der Waals surface area contributed by atoms with Gasteiger partial charge in [-0.1, -0.05) is 103 Å². The molecule has 0 saturated carbocycles. The summed E-state index contributed by atoms with van der Waals surface area (Å²) in [5.41, 5.74) is 0. The van der Waals surface area contributed by atoms with E-state index in [1.807, 2.05) is 0 Å². The lowest BCUT2D eigenvalue weighted by atomic mass is 10.1. The van der Waals surface area contributed by atoms with Crippen molar-refractivity contribution in [2.45, 2.75) is 117 Å². The Kier molecular flexibility index (Phi) is 33.2. The molecule has 0 bridgehead atoms. The number of allylic oxidation sites excluding steroid dienone is 2. The van der Waals surface area contributed by atoms with Crippen molar-refractivity contribution in [3.8, 4) is 0 Å². The normalized spacial score (nSPS) is 9.93. The van der Waals surface area contributed by atoms with Crippen LogP contribution in [0.25, 0.3) is 0 Å². The van der Waals surface area contributed by atoms with E-state index >= 15 is 0 Å². The third kappa shape index (κ3) is 56.4. The lowest BCUT2D eigenvalue weighted by molar-refractivity contribution is 0.135. The monoisotopic (exact) mass is 404 g/mol. The second-order valence-electron chi connectivity index (χ2n) is 6.86. The van der Waals surface area contributed by atoms with E-state index in [1.54, 1.807) is 0 Å². The molecule has 6 heteroatoms. The molecule has 4 N–H and O–H groups in total. The maximum Gasteiger partial charge on any atom is 0.503 e. The van der Waals surface area contributed by atoms with Gasteiger partial charge >= 0.3 is 12.3 Å². The quantitative estimate of drug-likeness (QED) is 0.152. The summed E-state index contributed by atoms with van der Waals surface area (Å²) in [6, 6.07) is 0. The van der Waals surface area contributed by atoms with E-state index in [9.17, 15) is 0 Å². The third-order valence-corrected chi connectivity index (χ3v) is 4.12. The van der Waals surface area contributed by atoms with Gasteiger partial charge in [0.15, 0.2) is 0 Å². The van der Waals surface area contributed by atoms with Gasteiger partial charge in [-0.05, 0) is 25.7 Å². The molecule has 6 nitrogen and oxygen atoms in total. The maximum absolute atomic E-state index is 8.56. The van der Waals surface area contributed by atoms with Gasteiger partial charge in [0, 0.05) is 0 Å². The first-order valence-electron chi connectivity index (χ1n) is 10.9. The summed E-state index contributed by atoms with van der Waals surface area (Å²) in [5.74, 6) is 0. The topological polar surface area (TPSA) is 115 Å². The van der Waals surface area contributed by atoms with Gasteiger partial charge < -0.3 is 20.4 Å². The van der Waals surface area contributed by atoms with Crippen molar-refractivity contribution in [1.82, 2.24) is 0 Å². The van der Waals surface area contributed by atoms with Crippen LogP contribution in [0.15, 0.2) is 12.2 Å². The zero-order chi connectivity index (χ0) is 21.9. The molecule has 0 fully saturated rings. The first-order chi connectivity index (χ1) is 13.4. The summed E-state index contributed by atoms with van der Waals surface area (Å²) in [5, 5.41) is 27.9. The van der Waals surface area contributed by atoms with E-state index in [0.29, 0.717) is 0 Å². The van der Waals surface area contributed by atoms with Gasteiger partial charge in [-0.25, -0.2) is 9.59 Å². The van der Waals surface area contributed by atoms with E-state index in [0.717, 1.165) is 0 Å². The highest BCUT2D eigenvalue weighted by Gasteiger charge is 1.90. The molecule has 0 aliphatic rings. The Balaban J connectivity index is -0.000000656. The largest absolute Gasteiger partial charge is 0.503 e. The average molecular weight is 405 g/mol. The zero-order valence-corrected chi connectivity index (χ0v) is 18.1. The highest BCUT2D eigenvalue weighted by Crippen LogP contribution is 2.10. The number of carboxylic acid groups (broad SMARTS) is 4. The highest BCUT2D eigenvalue weighted by atomic mass is 16.6. The summed E-state index contributed by atoms with van der Waals surface area (Å²) in [7, 11) is 0. The summed E-state index contributed by atoms with van der Waals surface area (Å²) in [6.45, 7) is 4.58. The lowest BCUT2D eigenvalue weighted by Gasteiger charge is -1.99. The summed E-state index contributed by atoms with van der Waals surface area (Å²) >= 11 is 0. The SMILES string of the molecule is CCCCCCCCCC=CCCCCCCCCC.O=C(O)O.O=C(O)O. The number of hydrogen-bond acceptors (Lipinski definition) is 2. The van der Waals surface area contributed by atoms with Crippen molar-refractivity contribution in [3.05, 3.63) is 12.2 Å². The van der Waals surface area contributed by atoms with Crippen LogP contribution in [-0.4, -0.2) is 32.7 Å². The van der Waals surface area contributed by atoms with Crippen LogP contribution in [0.3, 0.4) is 0 Å². The Labute approximate surface area is 171 Å². The van der Waals surface area contributed by atoms with E-state index < -0.39 is 12.3 Å². The molecule has 0 aliphatic carbocycles. The summed E-state index contributed by atoms with van der Waals surface area (Å²) < 4.78 is 0. The van der Waals surface area contributed by atoms with Gasteiger partial charge in [-0.3, -0.25) is 0 Å². The van der Waals surface area contributed by atoms with Crippen LogP contribution in [-0.2, 0) is 0 Å². The van der Waals surface area contributed by atoms with E-state index in [-0.39, 0.29) is 0 Å². The molecule has 0 unspecified atom stereocenters. The lowest BCUT2D eigenvalue weighted by Crippen LogP contribution is -1.81. The first kappa shape index (κ1) is 31.0. The third-order valence-electron chi connectivity index (χ3n) is 4.12. The van der Waals surface area contributed by atoms with Gasteiger partial charge in [0.2, 0.25) is 0 Å². The fourth-order valence-electron chi connectivity index (χ4n) is 2.67. The van der Waals surface area contributed by atoms with Crippen LogP contribution in [0.5, 0.6) is 0 Å². The fraction of sp³-hybridized carbons (Fsp3) is 0.818. The van der Waals surface area contributed by atoms with Crippen LogP contribution >= 0.6 is 0 Å². The molecule has 0 radical (unpaired) electrons. The average Bonchev–Trinajstić information content (AvgIpc) is 2.60. The predicted molar refractivity (Wildman–Crippen MR) is 116 cm³/mol. The van der Waals surface area contributed by atoms with Crippen LogP contribution in [0.2, 0.25) is 0 Å². The van der Waals surface area contributed by atoms with Crippen molar-refractivity contribution < 1.29 is 30.0 Å². The number of carbonyl (C=O) groups is 2. The Hall–Kier alpha value is -1.72. The second kappa shape index (κ2) is 30.0. The molecule has 0 aromatic rings. The Bertz CT molecular complexity index is 302. The molecule has 0 aromatic carbocycles. The molecule has 0 aliphatic heterocycles. The smallest absolute Gasteiger partial charge is 0.450 e. The Morgan fingerprint density at radius 2 is 0.714 bits per heavy atom. The van der Waals surface area contributed by atoms with Crippen molar-refractivity contribution >= 4 is 12.3 Å². The molecule has 0 rings (SSSR count). The predicted octanol–water partition coefficient (Wildman–Crippen LogP) is 8.27. The molecular formula is C22H44O6. The van der Waals surface area contributed by atoms with Gasteiger partial charge in [0.05, 0.1) is 0 Å². The standard InChI is InChI=1S/C20H40.2CH2O3/c1-3-5-7-9-11-13-15-17-19-20-18-16-14-12-10-8-6-4-2;2*2-1(3)4/h19-20H,3-18H2,1-2H3;2*(H2,2,3,4). The maximum atomic E-state index is 8.56. The summed E-state index contributed by atoms with van der Waals surface area (Å²) in [6.07, 6.45) is 23.8. The minimum absolute atomic E-state index is 1.31.